The fourth-order valence-electron chi connectivity index (χ4n) is 3.76. The van der Waals surface area contributed by atoms with Crippen molar-refractivity contribution in [3.8, 4) is 0 Å². The number of unbranched alkanes of at least 4 members (excludes halogenated alkanes) is 1. The number of hydrogen-bond donors (Lipinski definition) is 1. The van der Waals surface area contributed by atoms with E-state index in [4.69, 9.17) is 0 Å². The molecule has 1 fully saturated rings. The molecule has 1 N–H and O–H groups in total. The SMILES string of the molecule is CCCCC1CCC(C(=O)Nc2c(C)nc3scc(C)n3c2=O)CC1. The highest BCUT2D eigenvalue weighted by atomic mass is 32.1. The van der Waals surface area contributed by atoms with Gasteiger partial charge in [0.05, 0.1) is 5.69 Å². The maximum absolute atomic E-state index is 12.7. The second kappa shape index (κ2) is 7.68. The molecule has 0 unspecified atom stereocenters. The molecule has 0 bridgehead atoms. The van der Waals surface area contributed by atoms with Crippen molar-refractivity contribution < 1.29 is 4.79 Å². The van der Waals surface area contributed by atoms with Gasteiger partial charge in [-0.2, -0.15) is 0 Å². The molecule has 1 aliphatic carbocycles. The van der Waals surface area contributed by atoms with Crippen LogP contribution in [0.15, 0.2) is 10.2 Å². The number of fused-ring (bicyclic) bond motifs is 1. The molecule has 1 amide bonds. The molecular weight excluding hydrogens is 334 g/mol. The smallest absolute Gasteiger partial charge is 0.282 e. The first kappa shape index (κ1) is 18.1. The van der Waals surface area contributed by atoms with Crippen molar-refractivity contribution in [2.45, 2.75) is 65.7 Å². The molecule has 0 saturated heterocycles. The number of nitrogens with zero attached hydrogens (tertiary/aromatic N) is 2. The summed E-state index contributed by atoms with van der Waals surface area (Å²) in [7, 11) is 0. The van der Waals surface area contributed by atoms with Gasteiger partial charge < -0.3 is 5.32 Å². The maximum atomic E-state index is 12.7. The zero-order valence-corrected chi connectivity index (χ0v) is 16.1. The van der Waals surface area contributed by atoms with Crippen molar-refractivity contribution in [3.63, 3.8) is 0 Å². The van der Waals surface area contributed by atoms with Gasteiger partial charge >= 0.3 is 0 Å². The number of amides is 1. The number of carbonyl (C=O) groups excluding carboxylic acids is 1. The molecule has 25 heavy (non-hydrogen) atoms. The minimum Gasteiger partial charge on any atom is -0.320 e. The minimum absolute atomic E-state index is 0.0148. The lowest BCUT2D eigenvalue weighted by Crippen LogP contribution is -2.31. The van der Waals surface area contributed by atoms with Crippen LogP contribution in [0.3, 0.4) is 0 Å². The van der Waals surface area contributed by atoms with Crippen LogP contribution in [0.5, 0.6) is 0 Å². The summed E-state index contributed by atoms with van der Waals surface area (Å²) in [6.45, 7) is 5.89. The van der Waals surface area contributed by atoms with Crippen LogP contribution in [0.2, 0.25) is 0 Å². The molecule has 0 spiro atoms. The van der Waals surface area contributed by atoms with Crippen molar-refractivity contribution in [1.82, 2.24) is 9.38 Å². The standard InChI is InChI=1S/C19H27N3O2S/c1-4-5-6-14-7-9-15(10-8-14)17(23)21-16-13(3)20-19-22(18(16)24)12(2)11-25-19/h11,14-15H,4-10H2,1-3H3,(H,21,23). The first-order chi connectivity index (χ1) is 12.0. The Balaban J connectivity index is 1.71. The Labute approximate surface area is 152 Å². The van der Waals surface area contributed by atoms with Gasteiger partial charge in [0.15, 0.2) is 4.96 Å². The van der Waals surface area contributed by atoms with Crippen LogP contribution in [0.25, 0.3) is 4.96 Å². The third kappa shape index (κ3) is 3.78. The van der Waals surface area contributed by atoms with E-state index in [1.165, 1.54) is 30.6 Å². The first-order valence-corrected chi connectivity index (χ1v) is 10.2. The monoisotopic (exact) mass is 361 g/mol. The Morgan fingerprint density at radius 1 is 1.32 bits per heavy atom. The van der Waals surface area contributed by atoms with E-state index in [-0.39, 0.29) is 17.4 Å². The second-order valence-corrected chi connectivity index (χ2v) is 8.06. The van der Waals surface area contributed by atoms with Gasteiger partial charge in [-0.25, -0.2) is 4.98 Å². The van der Waals surface area contributed by atoms with Gasteiger partial charge in [-0.05, 0) is 45.4 Å². The highest BCUT2D eigenvalue weighted by molar-refractivity contribution is 7.15. The minimum atomic E-state index is -0.175. The molecule has 1 aliphatic rings. The van der Waals surface area contributed by atoms with Gasteiger partial charge in [-0.3, -0.25) is 14.0 Å². The lowest BCUT2D eigenvalue weighted by atomic mass is 9.79. The van der Waals surface area contributed by atoms with Crippen LogP contribution < -0.4 is 10.9 Å². The van der Waals surface area contributed by atoms with E-state index in [1.807, 2.05) is 12.3 Å². The molecule has 1 saturated carbocycles. The van der Waals surface area contributed by atoms with E-state index in [1.54, 1.807) is 11.3 Å². The zero-order chi connectivity index (χ0) is 18.0. The summed E-state index contributed by atoms with van der Waals surface area (Å²) >= 11 is 1.44. The van der Waals surface area contributed by atoms with Crippen molar-refractivity contribution in [3.05, 3.63) is 27.1 Å². The third-order valence-corrected chi connectivity index (χ3v) is 6.30. The number of carbonyl (C=O) groups is 1. The molecular formula is C19H27N3O2S. The number of nitrogens with one attached hydrogen (secondary N) is 1. The molecule has 2 aromatic heterocycles. The van der Waals surface area contributed by atoms with Gasteiger partial charge in [0.1, 0.15) is 5.69 Å². The summed E-state index contributed by atoms with van der Waals surface area (Å²) in [5, 5.41) is 4.79. The number of hydrogen-bond acceptors (Lipinski definition) is 4. The molecule has 6 heteroatoms. The molecule has 2 heterocycles. The predicted molar refractivity (Wildman–Crippen MR) is 102 cm³/mol. The maximum Gasteiger partial charge on any atom is 0.282 e. The fraction of sp³-hybridized carbons (Fsp3) is 0.632. The topological polar surface area (TPSA) is 63.5 Å². The van der Waals surface area contributed by atoms with Crippen LogP contribution in [-0.2, 0) is 4.79 Å². The van der Waals surface area contributed by atoms with Gasteiger partial charge in [-0.15, -0.1) is 11.3 Å². The van der Waals surface area contributed by atoms with Gasteiger partial charge in [-0.1, -0.05) is 26.2 Å². The van der Waals surface area contributed by atoms with E-state index in [0.717, 1.165) is 37.3 Å². The lowest BCUT2D eigenvalue weighted by Gasteiger charge is -2.27. The Hall–Kier alpha value is -1.69. The Kier molecular flexibility index (Phi) is 5.57. The third-order valence-electron chi connectivity index (χ3n) is 5.35. The molecule has 0 aliphatic heterocycles. The number of anilines is 1. The van der Waals surface area contributed by atoms with E-state index in [9.17, 15) is 9.59 Å². The van der Waals surface area contributed by atoms with Crippen molar-refractivity contribution >= 4 is 27.9 Å². The largest absolute Gasteiger partial charge is 0.320 e. The molecule has 3 rings (SSSR count). The summed E-state index contributed by atoms with van der Waals surface area (Å²) in [6.07, 6.45) is 7.89. The van der Waals surface area contributed by atoms with E-state index < -0.39 is 0 Å². The number of aryl methyl sites for hydroxylation is 2. The predicted octanol–water partition coefficient (Wildman–Crippen LogP) is 4.31. The summed E-state index contributed by atoms with van der Waals surface area (Å²) in [6, 6.07) is 0. The average molecular weight is 362 g/mol. The van der Waals surface area contributed by atoms with E-state index in [2.05, 4.69) is 17.2 Å². The Morgan fingerprint density at radius 3 is 2.72 bits per heavy atom. The molecule has 0 aromatic carbocycles. The van der Waals surface area contributed by atoms with Gasteiger partial charge in [0.25, 0.3) is 5.56 Å². The number of rotatable bonds is 5. The highest BCUT2D eigenvalue weighted by Crippen LogP contribution is 2.32. The quantitative estimate of drug-likeness (QED) is 0.863. The summed E-state index contributed by atoms with van der Waals surface area (Å²) < 4.78 is 1.58. The normalized spacial score (nSPS) is 20.8. The number of aromatic nitrogens is 2. The Morgan fingerprint density at radius 2 is 2.04 bits per heavy atom. The second-order valence-electron chi connectivity index (χ2n) is 7.22. The van der Waals surface area contributed by atoms with E-state index in [0.29, 0.717) is 16.3 Å². The molecule has 0 atom stereocenters. The van der Waals surface area contributed by atoms with Crippen LogP contribution >= 0.6 is 11.3 Å². The first-order valence-electron chi connectivity index (χ1n) is 9.29. The number of thiazole rings is 1. The molecule has 5 nitrogen and oxygen atoms in total. The van der Waals surface area contributed by atoms with Gasteiger partial charge in [0, 0.05) is 17.0 Å². The summed E-state index contributed by atoms with van der Waals surface area (Å²) in [4.78, 5) is 30.5. The van der Waals surface area contributed by atoms with Crippen molar-refractivity contribution in [2.75, 3.05) is 5.32 Å². The van der Waals surface area contributed by atoms with Gasteiger partial charge in [0.2, 0.25) is 5.91 Å². The average Bonchev–Trinajstić information content (AvgIpc) is 2.97. The molecule has 0 radical (unpaired) electrons. The van der Waals surface area contributed by atoms with Crippen LogP contribution in [-0.4, -0.2) is 15.3 Å². The van der Waals surface area contributed by atoms with E-state index >= 15 is 0 Å². The Bertz CT molecular complexity index is 816. The fourth-order valence-corrected chi connectivity index (χ4v) is 4.66. The highest BCUT2D eigenvalue weighted by Gasteiger charge is 2.27. The van der Waals surface area contributed by atoms with Crippen LogP contribution in [0, 0.1) is 25.7 Å². The van der Waals surface area contributed by atoms with Crippen molar-refractivity contribution in [2.24, 2.45) is 11.8 Å². The molecule has 136 valence electrons. The van der Waals surface area contributed by atoms with Crippen LogP contribution in [0.1, 0.15) is 63.3 Å². The van der Waals surface area contributed by atoms with Crippen molar-refractivity contribution in [1.29, 1.82) is 0 Å². The zero-order valence-electron chi connectivity index (χ0n) is 15.3. The lowest BCUT2D eigenvalue weighted by molar-refractivity contribution is -0.121. The summed E-state index contributed by atoms with van der Waals surface area (Å²) in [5.74, 6) is 0.757. The summed E-state index contributed by atoms with van der Waals surface area (Å²) in [5.41, 5.74) is 1.60. The molecule has 2 aromatic rings. The van der Waals surface area contributed by atoms with Crippen LogP contribution in [0.4, 0.5) is 5.69 Å².